The normalized spacial score (nSPS) is 10.9. The van der Waals surface area contributed by atoms with Crippen LogP contribution in [0.25, 0.3) is 0 Å². The summed E-state index contributed by atoms with van der Waals surface area (Å²) in [4.78, 5) is 16.4. The molecule has 6 heteroatoms. The van der Waals surface area contributed by atoms with Crippen LogP contribution in [0.1, 0.15) is 37.4 Å². The number of hydrogen-bond donors (Lipinski definition) is 3. The standard InChI is InChI=1S/C11H20N4OS/c1-6(2)5-13-10(16)8-9(12)15-11(17-8)14-7(3)4/h6-7H,5,12H2,1-4H3,(H,13,16)(H,14,15). The third-order valence-corrected chi connectivity index (χ3v) is 2.94. The van der Waals surface area contributed by atoms with Crippen LogP contribution in [0.15, 0.2) is 0 Å². The van der Waals surface area contributed by atoms with Gasteiger partial charge < -0.3 is 16.4 Å². The smallest absolute Gasteiger partial charge is 0.265 e. The van der Waals surface area contributed by atoms with Gasteiger partial charge in [0, 0.05) is 12.6 Å². The van der Waals surface area contributed by atoms with Gasteiger partial charge in [-0.1, -0.05) is 25.2 Å². The Balaban J connectivity index is 2.70. The van der Waals surface area contributed by atoms with Crippen molar-refractivity contribution in [1.29, 1.82) is 0 Å². The summed E-state index contributed by atoms with van der Waals surface area (Å²) in [6.45, 7) is 8.75. The molecule has 0 unspecified atom stereocenters. The first-order chi connectivity index (χ1) is 7.90. The lowest BCUT2D eigenvalue weighted by Gasteiger charge is -2.06. The lowest BCUT2D eigenvalue weighted by Crippen LogP contribution is -2.27. The molecule has 5 nitrogen and oxygen atoms in total. The molecule has 1 rings (SSSR count). The molecule has 0 aliphatic heterocycles. The van der Waals surface area contributed by atoms with Gasteiger partial charge in [-0.15, -0.1) is 0 Å². The average molecular weight is 256 g/mol. The number of carbonyl (C=O) groups is 1. The molecular weight excluding hydrogens is 236 g/mol. The van der Waals surface area contributed by atoms with Crippen LogP contribution < -0.4 is 16.4 Å². The molecular formula is C11H20N4OS. The molecule has 96 valence electrons. The highest BCUT2D eigenvalue weighted by Gasteiger charge is 2.16. The Kier molecular flexibility index (Phi) is 4.74. The minimum Gasteiger partial charge on any atom is -0.382 e. The molecule has 0 spiro atoms. The van der Waals surface area contributed by atoms with Crippen LogP contribution in [0.2, 0.25) is 0 Å². The topological polar surface area (TPSA) is 80.0 Å². The maximum Gasteiger partial charge on any atom is 0.265 e. The van der Waals surface area contributed by atoms with Gasteiger partial charge in [0.1, 0.15) is 10.7 Å². The van der Waals surface area contributed by atoms with Crippen molar-refractivity contribution in [3.8, 4) is 0 Å². The number of rotatable bonds is 5. The number of hydrogen-bond acceptors (Lipinski definition) is 5. The van der Waals surface area contributed by atoms with Crippen LogP contribution in [-0.2, 0) is 0 Å². The number of aromatic nitrogens is 1. The molecule has 1 heterocycles. The Morgan fingerprint density at radius 3 is 2.59 bits per heavy atom. The van der Waals surface area contributed by atoms with Crippen molar-refractivity contribution in [2.45, 2.75) is 33.7 Å². The van der Waals surface area contributed by atoms with E-state index in [1.54, 1.807) is 0 Å². The van der Waals surface area contributed by atoms with Crippen LogP contribution in [0.4, 0.5) is 10.9 Å². The Bertz CT molecular complexity index is 387. The van der Waals surface area contributed by atoms with Crippen LogP contribution >= 0.6 is 11.3 Å². The van der Waals surface area contributed by atoms with E-state index in [4.69, 9.17) is 5.73 Å². The fraction of sp³-hybridized carbons (Fsp3) is 0.636. The molecule has 0 saturated carbocycles. The van der Waals surface area contributed by atoms with E-state index in [9.17, 15) is 4.79 Å². The van der Waals surface area contributed by atoms with Gasteiger partial charge in [0.05, 0.1) is 0 Å². The van der Waals surface area contributed by atoms with E-state index in [2.05, 4.69) is 15.6 Å². The van der Waals surface area contributed by atoms with Crippen molar-refractivity contribution in [1.82, 2.24) is 10.3 Å². The number of nitrogens with two attached hydrogens (primary N) is 1. The fourth-order valence-electron chi connectivity index (χ4n) is 1.18. The quantitative estimate of drug-likeness (QED) is 0.752. The Morgan fingerprint density at radius 2 is 2.06 bits per heavy atom. The van der Waals surface area contributed by atoms with Crippen LogP contribution in [0.5, 0.6) is 0 Å². The number of carbonyl (C=O) groups excluding carboxylic acids is 1. The summed E-state index contributed by atoms with van der Waals surface area (Å²) < 4.78 is 0. The third kappa shape index (κ3) is 4.22. The molecule has 0 aliphatic rings. The maximum atomic E-state index is 11.8. The van der Waals surface area contributed by atoms with Crippen molar-refractivity contribution in [3.63, 3.8) is 0 Å². The molecule has 17 heavy (non-hydrogen) atoms. The number of amides is 1. The molecule has 0 saturated heterocycles. The summed E-state index contributed by atoms with van der Waals surface area (Å²) in [7, 11) is 0. The predicted octanol–water partition coefficient (Wildman–Crippen LogP) is 1.93. The summed E-state index contributed by atoms with van der Waals surface area (Å²) in [5.74, 6) is 0.561. The number of nitrogens with zero attached hydrogens (tertiary/aromatic N) is 1. The van der Waals surface area contributed by atoms with E-state index in [-0.39, 0.29) is 11.9 Å². The average Bonchev–Trinajstić information content (AvgIpc) is 2.54. The number of thiazole rings is 1. The van der Waals surface area contributed by atoms with E-state index in [0.29, 0.717) is 28.3 Å². The van der Waals surface area contributed by atoms with Crippen molar-refractivity contribution in [2.24, 2.45) is 5.92 Å². The molecule has 0 aliphatic carbocycles. The molecule has 0 atom stereocenters. The highest BCUT2D eigenvalue weighted by Crippen LogP contribution is 2.25. The van der Waals surface area contributed by atoms with Gasteiger partial charge in [0.25, 0.3) is 5.91 Å². The van der Waals surface area contributed by atoms with Gasteiger partial charge in [-0.25, -0.2) is 4.98 Å². The molecule has 1 aromatic rings. The zero-order valence-electron chi connectivity index (χ0n) is 10.7. The van der Waals surface area contributed by atoms with E-state index in [1.165, 1.54) is 11.3 Å². The molecule has 0 bridgehead atoms. The molecule has 1 aromatic heterocycles. The van der Waals surface area contributed by atoms with E-state index < -0.39 is 0 Å². The van der Waals surface area contributed by atoms with Crippen LogP contribution in [0.3, 0.4) is 0 Å². The number of nitrogens with one attached hydrogen (secondary N) is 2. The first-order valence-electron chi connectivity index (χ1n) is 5.71. The predicted molar refractivity (Wildman–Crippen MR) is 72.5 cm³/mol. The molecule has 0 aromatic carbocycles. The van der Waals surface area contributed by atoms with E-state index in [0.717, 1.165) is 0 Å². The Hall–Kier alpha value is -1.30. The van der Waals surface area contributed by atoms with Gasteiger partial charge in [-0.2, -0.15) is 0 Å². The highest BCUT2D eigenvalue weighted by molar-refractivity contribution is 7.18. The van der Waals surface area contributed by atoms with Gasteiger partial charge in [-0.05, 0) is 19.8 Å². The first-order valence-corrected chi connectivity index (χ1v) is 6.52. The zero-order valence-corrected chi connectivity index (χ0v) is 11.5. The number of anilines is 2. The largest absolute Gasteiger partial charge is 0.382 e. The molecule has 1 amide bonds. The van der Waals surface area contributed by atoms with Crippen LogP contribution in [-0.4, -0.2) is 23.5 Å². The lowest BCUT2D eigenvalue weighted by atomic mass is 10.2. The van der Waals surface area contributed by atoms with Crippen molar-refractivity contribution in [2.75, 3.05) is 17.6 Å². The second kappa shape index (κ2) is 5.86. The summed E-state index contributed by atoms with van der Waals surface area (Å²) in [6, 6.07) is 0.270. The number of nitrogen functional groups attached to an aromatic ring is 1. The SMILES string of the molecule is CC(C)CNC(=O)c1sc(NC(C)C)nc1N. The highest BCUT2D eigenvalue weighted by atomic mass is 32.1. The summed E-state index contributed by atoms with van der Waals surface area (Å²) in [6.07, 6.45) is 0. The first kappa shape index (κ1) is 13.8. The zero-order chi connectivity index (χ0) is 13.0. The van der Waals surface area contributed by atoms with Gasteiger partial charge in [0.2, 0.25) is 0 Å². The second-order valence-corrected chi connectivity index (χ2v) is 5.64. The molecule has 4 N–H and O–H groups in total. The summed E-state index contributed by atoms with van der Waals surface area (Å²) in [5, 5.41) is 6.65. The van der Waals surface area contributed by atoms with Gasteiger partial charge in [-0.3, -0.25) is 4.79 Å². The van der Waals surface area contributed by atoms with E-state index >= 15 is 0 Å². The minimum atomic E-state index is -0.148. The summed E-state index contributed by atoms with van der Waals surface area (Å²) >= 11 is 1.29. The second-order valence-electron chi connectivity index (χ2n) is 4.64. The molecule has 0 fully saturated rings. The Labute approximate surface area is 106 Å². The monoisotopic (exact) mass is 256 g/mol. The van der Waals surface area contributed by atoms with Crippen molar-refractivity contribution in [3.05, 3.63) is 4.88 Å². The third-order valence-electron chi connectivity index (χ3n) is 1.94. The molecule has 0 radical (unpaired) electrons. The maximum absolute atomic E-state index is 11.8. The van der Waals surface area contributed by atoms with Gasteiger partial charge >= 0.3 is 0 Å². The lowest BCUT2D eigenvalue weighted by molar-refractivity contribution is 0.0953. The van der Waals surface area contributed by atoms with Crippen molar-refractivity contribution < 1.29 is 4.79 Å². The van der Waals surface area contributed by atoms with Crippen LogP contribution in [0, 0.1) is 5.92 Å². The minimum absolute atomic E-state index is 0.148. The van der Waals surface area contributed by atoms with E-state index in [1.807, 2.05) is 27.7 Å². The Morgan fingerprint density at radius 1 is 1.41 bits per heavy atom. The van der Waals surface area contributed by atoms with Gasteiger partial charge in [0.15, 0.2) is 5.13 Å². The summed E-state index contributed by atoms with van der Waals surface area (Å²) in [5.41, 5.74) is 5.72. The van der Waals surface area contributed by atoms with Crippen molar-refractivity contribution >= 4 is 28.2 Å². The fourth-order valence-corrected chi connectivity index (χ4v) is 2.13.